The first-order chi connectivity index (χ1) is 7.11. The van der Waals surface area contributed by atoms with Crippen molar-refractivity contribution >= 4 is 17.7 Å². The molecule has 1 amide bonds. The number of hydrogen-bond acceptors (Lipinski definition) is 3. The summed E-state index contributed by atoms with van der Waals surface area (Å²) in [5, 5.41) is 8.97. The van der Waals surface area contributed by atoms with Gasteiger partial charge >= 0.3 is 5.97 Å². The second kappa shape index (κ2) is 3.64. The van der Waals surface area contributed by atoms with Crippen molar-refractivity contribution in [1.29, 1.82) is 0 Å². The number of hydrogen-bond donors (Lipinski definition) is 1. The summed E-state index contributed by atoms with van der Waals surface area (Å²) in [7, 11) is 0. The van der Waals surface area contributed by atoms with E-state index in [4.69, 9.17) is 5.11 Å². The van der Waals surface area contributed by atoms with Crippen LogP contribution in [0.25, 0.3) is 0 Å². The Balaban J connectivity index is 2.13. The van der Waals surface area contributed by atoms with Gasteiger partial charge in [-0.25, -0.2) is 0 Å². The summed E-state index contributed by atoms with van der Waals surface area (Å²) >= 11 is 0. The van der Waals surface area contributed by atoms with Crippen molar-refractivity contribution in [2.24, 2.45) is 5.92 Å². The Kier molecular flexibility index (Phi) is 2.46. The summed E-state index contributed by atoms with van der Waals surface area (Å²) in [5.74, 6) is -2.22. The fourth-order valence-corrected chi connectivity index (χ4v) is 2.51. The molecule has 0 aromatic heterocycles. The summed E-state index contributed by atoms with van der Waals surface area (Å²) < 4.78 is 0. The van der Waals surface area contributed by atoms with Crippen LogP contribution in [0.4, 0.5) is 0 Å². The van der Waals surface area contributed by atoms with Gasteiger partial charge in [0, 0.05) is 19.0 Å². The predicted octanol–water partition coefficient (Wildman–Crippen LogP) is 0.0411. The molecule has 1 saturated heterocycles. The van der Waals surface area contributed by atoms with E-state index in [-0.39, 0.29) is 18.2 Å². The Morgan fingerprint density at radius 3 is 2.60 bits per heavy atom. The molecular formula is C10H13NO4. The van der Waals surface area contributed by atoms with E-state index in [2.05, 4.69) is 0 Å². The molecule has 0 bridgehead atoms. The number of amides is 1. The van der Waals surface area contributed by atoms with E-state index >= 15 is 0 Å². The average Bonchev–Trinajstić information content (AvgIpc) is 2.75. The Hall–Kier alpha value is -1.39. The topological polar surface area (TPSA) is 74.7 Å². The summed E-state index contributed by atoms with van der Waals surface area (Å²) in [6.07, 6.45) is 2.37. The molecule has 0 spiro atoms. The zero-order chi connectivity index (χ0) is 11.0. The molecule has 5 heteroatoms. The van der Waals surface area contributed by atoms with Crippen molar-refractivity contribution in [2.75, 3.05) is 6.54 Å². The van der Waals surface area contributed by atoms with Crippen LogP contribution < -0.4 is 0 Å². The van der Waals surface area contributed by atoms with Gasteiger partial charge in [-0.05, 0) is 12.8 Å². The summed E-state index contributed by atoms with van der Waals surface area (Å²) in [6, 6.07) is -0.263. The third-order valence-corrected chi connectivity index (χ3v) is 3.28. The lowest BCUT2D eigenvalue weighted by molar-refractivity contribution is -0.147. The smallest absolute Gasteiger partial charge is 0.308 e. The van der Waals surface area contributed by atoms with Crippen molar-refractivity contribution in [3.05, 3.63) is 0 Å². The molecule has 2 fully saturated rings. The Morgan fingerprint density at radius 1 is 1.33 bits per heavy atom. The van der Waals surface area contributed by atoms with Gasteiger partial charge in [0.1, 0.15) is 0 Å². The fraction of sp³-hybridized carbons (Fsp3) is 0.700. The molecule has 2 atom stereocenters. The molecule has 0 aromatic rings. The van der Waals surface area contributed by atoms with Crippen molar-refractivity contribution < 1.29 is 19.5 Å². The highest BCUT2D eigenvalue weighted by molar-refractivity contribution is 6.38. The normalized spacial score (nSPS) is 31.3. The number of aliphatic carboxylic acids is 1. The summed E-state index contributed by atoms with van der Waals surface area (Å²) in [4.78, 5) is 34.9. The molecule has 1 N–H and O–H groups in total. The third kappa shape index (κ3) is 1.62. The first kappa shape index (κ1) is 10.1. The maximum atomic E-state index is 11.4. The number of carboxylic acid groups (broad SMARTS) is 1. The van der Waals surface area contributed by atoms with Gasteiger partial charge in [-0.3, -0.25) is 14.4 Å². The van der Waals surface area contributed by atoms with E-state index in [0.29, 0.717) is 19.4 Å². The first-order valence-corrected chi connectivity index (χ1v) is 5.18. The number of carbonyl (C=O) groups is 3. The standard InChI is InChI=1S/C10H13NO4/c12-8-4-5-11(9(8)13)7-3-1-2-6(7)10(14)15/h6-7H,1-5H2,(H,14,15). The highest BCUT2D eigenvalue weighted by atomic mass is 16.4. The molecule has 2 aliphatic rings. The van der Waals surface area contributed by atoms with Crippen LogP contribution in [0.15, 0.2) is 0 Å². The largest absolute Gasteiger partial charge is 0.481 e. The number of carboxylic acids is 1. The molecule has 1 aliphatic heterocycles. The van der Waals surface area contributed by atoms with Crippen LogP contribution in [0.3, 0.4) is 0 Å². The maximum absolute atomic E-state index is 11.4. The molecular weight excluding hydrogens is 198 g/mol. The van der Waals surface area contributed by atoms with Crippen LogP contribution in [0.2, 0.25) is 0 Å². The fourth-order valence-electron chi connectivity index (χ4n) is 2.51. The Bertz CT molecular complexity index is 325. The van der Waals surface area contributed by atoms with Crippen LogP contribution in [0.5, 0.6) is 0 Å². The minimum absolute atomic E-state index is 0.238. The van der Waals surface area contributed by atoms with Gasteiger partial charge in [0.05, 0.1) is 5.92 Å². The van der Waals surface area contributed by atoms with E-state index < -0.39 is 17.8 Å². The lowest BCUT2D eigenvalue weighted by Crippen LogP contribution is -2.42. The van der Waals surface area contributed by atoms with Gasteiger partial charge in [0.15, 0.2) is 0 Å². The molecule has 1 aliphatic carbocycles. The molecule has 0 aromatic carbocycles. The van der Waals surface area contributed by atoms with Crippen molar-refractivity contribution in [1.82, 2.24) is 4.90 Å². The van der Waals surface area contributed by atoms with E-state index in [1.165, 1.54) is 4.90 Å². The van der Waals surface area contributed by atoms with Gasteiger partial charge in [0.2, 0.25) is 5.78 Å². The van der Waals surface area contributed by atoms with E-state index in [1.54, 1.807) is 0 Å². The van der Waals surface area contributed by atoms with Gasteiger partial charge in [0.25, 0.3) is 5.91 Å². The predicted molar refractivity (Wildman–Crippen MR) is 50.1 cm³/mol. The van der Waals surface area contributed by atoms with Gasteiger partial charge in [-0.15, -0.1) is 0 Å². The summed E-state index contributed by atoms with van der Waals surface area (Å²) in [6.45, 7) is 0.395. The van der Waals surface area contributed by atoms with Crippen LogP contribution in [0.1, 0.15) is 25.7 Å². The quantitative estimate of drug-likeness (QED) is 0.654. The maximum Gasteiger partial charge on any atom is 0.308 e. The van der Waals surface area contributed by atoms with Crippen LogP contribution in [0, 0.1) is 5.92 Å². The average molecular weight is 211 g/mol. The van der Waals surface area contributed by atoms with Crippen molar-refractivity contribution in [3.63, 3.8) is 0 Å². The van der Waals surface area contributed by atoms with Gasteiger partial charge in [-0.1, -0.05) is 6.42 Å². The van der Waals surface area contributed by atoms with Crippen LogP contribution >= 0.6 is 0 Å². The summed E-state index contributed by atoms with van der Waals surface area (Å²) in [5.41, 5.74) is 0. The molecule has 5 nitrogen and oxygen atoms in total. The highest BCUT2D eigenvalue weighted by Crippen LogP contribution is 2.32. The second-order valence-corrected chi connectivity index (χ2v) is 4.11. The van der Waals surface area contributed by atoms with E-state index in [9.17, 15) is 14.4 Å². The molecule has 15 heavy (non-hydrogen) atoms. The molecule has 1 heterocycles. The highest BCUT2D eigenvalue weighted by Gasteiger charge is 2.42. The van der Waals surface area contributed by atoms with Crippen LogP contribution in [-0.2, 0) is 14.4 Å². The molecule has 2 rings (SSSR count). The van der Waals surface area contributed by atoms with Gasteiger partial charge < -0.3 is 10.0 Å². The lowest BCUT2D eigenvalue weighted by atomic mass is 10.0. The first-order valence-electron chi connectivity index (χ1n) is 5.18. The second-order valence-electron chi connectivity index (χ2n) is 4.11. The molecule has 82 valence electrons. The van der Waals surface area contributed by atoms with Crippen molar-refractivity contribution in [2.45, 2.75) is 31.7 Å². The number of Topliss-reactive ketones (excluding diaryl/α,β-unsaturated/α-hetero) is 1. The molecule has 2 unspecified atom stereocenters. The Labute approximate surface area is 87.1 Å². The molecule has 0 radical (unpaired) electrons. The SMILES string of the molecule is O=C1CCN(C2CCCC2C(=O)O)C1=O. The minimum atomic E-state index is -0.857. The zero-order valence-corrected chi connectivity index (χ0v) is 8.31. The van der Waals surface area contributed by atoms with Gasteiger partial charge in [-0.2, -0.15) is 0 Å². The molecule has 1 saturated carbocycles. The third-order valence-electron chi connectivity index (χ3n) is 3.28. The van der Waals surface area contributed by atoms with E-state index in [0.717, 1.165) is 6.42 Å². The van der Waals surface area contributed by atoms with E-state index in [1.807, 2.05) is 0 Å². The lowest BCUT2D eigenvalue weighted by Gasteiger charge is -2.26. The van der Waals surface area contributed by atoms with Crippen molar-refractivity contribution in [3.8, 4) is 0 Å². The Morgan fingerprint density at radius 2 is 2.07 bits per heavy atom. The number of rotatable bonds is 2. The minimum Gasteiger partial charge on any atom is -0.481 e. The number of nitrogens with zero attached hydrogens (tertiary/aromatic N) is 1. The van der Waals surface area contributed by atoms with Crippen LogP contribution in [-0.4, -0.2) is 40.3 Å². The number of ketones is 1. The monoisotopic (exact) mass is 211 g/mol. The number of likely N-dealkylation sites (tertiary alicyclic amines) is 1. The zero-order valence-electron chi connectivity index (χ0n) is 8.31. The number of carbonyl (C=O) groups excluding carboxylic acids is 2.